The van der Waals surface area contributed by atoms with Gasteiger partial charge in [-0.25, -0.2) is 4.79 Å². The lowest BCUT2D eigenvalue weighted by Gasteiger charge is -2.30. The Morgan fingerprint density at radius 3 is 2.43 bits per heavy atom. The number of rotatable bonds is 5. The smallest absolute Gasteiger partial charge is 0.339 e. The van der Waals surface area contributed by atoms with Crippen molar-refractivity contribution in [2.45, 2.75) is 19.8 Å². The maximum absolute atomic E-state index is 12.8. The number of benzene rings is 2. The van der Waals surface area contributed by atoms with Crippen molar-refractivity contribution in [2.75, 3.05) is 19.7 Å². The first-order valence-corrected chi connectivity index (χ1v) is 9.67. The number of esters is 1. The van der Waals surface area contributed by atoms with Crippen molar-refractivity contribution < 1.29 is 19.1 Å². The van der Waals surface area contributed by atoms with Crippen LogP contribution < -0.4 is 0 Å². The molecule has 146 valence electrons. The Hall–Kier alpha value is -2.66. The summed E-state index contributed by atoms with van der Waals surface area (Å²) in [5.74, 6) is -0.746. The minimum Gasteiger partial charge on any atom is -0.452 e. The Kier molecular flexibility index (Phi) is 6.47. The van der Waals surface area contributed by atoms with E-state index >= 15 is 0 Å². The number of carbonyl (C=O) groups excluding carboxylic acids is 3. The van der Waals surface area contributed by atoms with Crippen LogP contribution in [0.5, 0.6) is 0 Å². The fraction of sp³-hybridized carbons (Fsp3) is 0.318. The zero-order valence-electron chi connectivity index (χ0n) is 15.7. The van der Waals surface area contributed by atoms with Crippen LogP contribution in [-0.4, -0.2) is 42.3 Å². The van der Waals surface area contributed by atoms with E-state index in [-0.39, 0.29) is 29.4 Å². The van der Waals surface area contributed by atoms with Crippen molar-refractivity contribution >= 4 is 29.3 Å². The lowest BCUT2D eigenvalue weighted by atomic mass is 9.98. The molecule has 5 nitrogen and oxygen atoms in total. The molecule has 0 bridgehead atoms. The highest BCUT2D eigenvalue weighted by Gasteiger charge is 2.24. The molecule has 1 aliphatic rings. The second-order valence-corrected chi connectivity index (χ2v) is 7.48. The van der Waals surface area contributed by atoms with Gasteiger partial charge in [-0.15, -0.1) is 0 Å². The number of hydrogen-bond donors (Lipinski definition) is 0. The summed E-state index contributed by atoms with van der Waals surface area (Å²) in [4.78, 5) is 39.4. The number of nitrogens with zero attached hydrogens (tertiary/aromatic N) is 1. The molecule has 1 heterocycles. The van der Waals surface area contributed by atoms with Crippen LogP contribution in [0.2, 0.25) is 5.02 Å². The second-order valence-electron chi connectivity index (χ2n) is 7.04. The molecule has 1 saturated heterocycles. The molecule has 2 aromatic carbocycles. The van der Waals surface area contributed by atoms with Crippen molar-refractivity contribution in [2.24, 2.45) is 5.92 Å². The van der Waals surface area contributed by atoms with Crippen LogP contribution in [-0.2, 0) is 9.53 Å². The second kappa shape index (κ2) is 9.02. The Bertz CT molecular complexity index is 878. The zero-order valence-corrected chi connectivity index (χ0v) is 16.4. The first-order valence-electron chi connectivity index (χ1n) is 9.30. The maximum atomic E-state index is 12.8. The highest BCUT2D eigenvalue weighted by atomic mass is 35.5. The van der Waals surface area contributed by atoms with E-state index in [1.165, 1.54) is 6.07 Å². The van der Waals surface area contributed by atoms with E-state index in [1.807, 2.05) is 0 Å². The normalized spacial score (nSPS) is 16.5. The van der Waals surface area contributed by atoms with E-state index in [9.17, 15) is 14.4 Å². The summed E-state index contributed by atoms with van der Waals surface area (Å²) < 4.78 is 5.22. The van der Waals surface area contributed by atoms with E-state index in [0.29, 0.717) is 29.6 Å². The highest BCUT2D eigenvalue weighted by molar-refractivity contribution is 6.30. The fourth-order valence-corrected chi connectivity index (χ4v) is 3.45. The summed E-state index contributed by atoms with van der Waals surface area (Å²) in [5, 5.41) is 0.523. The van der Waals surface area contributed by atoms with Gasteiger partial charge in [-0.1, -0.05) is 36.7 Å². The number of piperidine rings is 1. The fourth-order valence-electron chi connectivity index (χ4n) is 3.33. The third-order valence-corrected chi connectivity index (χ3v) is 5.09. The van der Waals surface area contributed by atoms with Crippen molar-refractivity contribution in [3.05, 3.63) is 70.2 Å². The minimum absolute atomic E-state index is 0.141. The monoisotopic (exact) mass is 399 g/mol. The first-order chi connectivity index (χ1) is 13.5. The Balaban J connectivity index is 1.69. The summed E-state index contributed by atoms with van der Waals surface area (Å²) in [5.41, 5.74) is 0.791. The molecular formula is C22H22ClNO4. The zero-order chi connectivity index (χ0) is 20.1. The standard InChI is InChI=1S/C22H22ClNO4/c1-15-5-4-12-24(13-15)20(25)14-28-22(27)19-7-3-2-6-18(19)21(26)16-8-10-17(23)11-9-16/h2-3,6-11,15H,4-5,12-14H2,1H3/t15-/m1/s1. The van der Waals surface area contributed by atoms with Crippen LogP contribution in [0.1, 0.15) is 46.0 Å². The number of hydrogen-bond acceptors (Lipinski definition) is 4. The van der Waals surface area contributed by atoms with E-state index < -0.39 is 5.97 Å². The molecule has 0 aromatic heterocycles. The molecule has 1 amide bonds. The van der Waals surface area contributed by atoms with Gasteiger partial charge in [-0.05, 0) is 49.1 Å². The SMILES string of the molecule is C[C@@H]1CCCN(C(=O)COC(=O)c2ccccc2C(=O)c2ccc(Cl)cc2)C1. The maximum Gasteiger partial charge on any atom is 0.339 e. The van der Waals surface area contributed by atoms with Crippen LogP contribution in [0.3, 0.4) is 0 Å². The molecule has 0 aliphatic carbocycles. The van der Waals surface area contributed by atoms with Gasteiger partial charge in [0.05, 0.1) is 5.56 Å². The van der Waals surface area contributed by atoms with Gasteiger partial charge in [-0.3, -0.25) is 9.59 Å². The lowest BCUT2D eigenvalue weighted by molar-refractivity contribution is -0.136. The van der Waals surface area contributed by atoms with Crippen LogP contribution in [0.15, 0.2) is 48.5 Å². The molecule has 0 N–H and O–H groups in total. The number of ketones is 1. The topological polar surface area (TPSA) is 63.7 Å². The summed E-state index contributed by atoms with van der Waals surface area (Å²) in [6, 6.07) is 12.9. The van der Waals surface area contributed by atoms with E-state index in [0.717, 1.165) is 12.8 Å². The van der Waals surface area contributed by atoms with Gasteiger partial charge in [0.25, 0.3) is 5.91 Å². The Morgan fingerprint density at radius 2 is 1.75 bits per heavy atom. The molecule has 2 aromatic rings. The average molecular weight is 400 g/mol. The minimum atomic E-state index is -0.684. The number of ether oxygens (including phenoxy) is 1. The van der Waals surface area contributed by atoms with Gasteiger partial charge in [-0.2, -0.15) is 0 Å². The van der Waals surface area contributed by atoms with Gasteiger partial charge in [0.2, 0.25) is 0 Å². The third-order valence-electron chi connectivity index (χ3n) is 4.83. The number of amides is 1. The molecule has 28 heavy (non-hydrogen) atoms. The van der Waals surface area contributed by atoms with Gasteiger partial charge in [0.1, 0.15) is 0 Å². The highest BCUT2D eigenvalue weighted by Crippen LogP contribution is 2.19. The van der Waals surface area contributed by atoms with Crippen LogP contribution in [0.4, 0.5) is 0 Å². The molecule has 0 spiro atoms. The van der Waals surface area contributed by atoms with Crippen molar-refractivity contribution in [3.8, 4) is 0 Å². The van der Waals surface area contributed by atoms with Crippen molar-refractivity contribution in [3.63, 3.8) is 0 Å². The molecule has 0 unspecified atom stereocenters. The van der Waals surface area contributed by atoms with Gasteiger partial charge < -0.3 is 9.64 Å². The molecule has 1 atom stereocenters. The predicted octanol–water partition coefficient (Wildman–Crippen LogP) is 3.99. The molecule has 3 rings (SSSR count). The molecule has 6 heteroatoms. The summed E-state index contributed by atoms with van der Waals surface area (Å²) in [7, 11) is 0. The Labute approximate surface area is 169 Å². The molecular weight excluding hydrogens is 378 g/mol. The first kappa shape index (κ1) is 20.1. The summed E-state index contributed by atoms with van der Waals surface area (Å²) >= 11 is 5.87. The van der Waals surface area contributed by atoms with Crippen LogP contribution in [0.25, 0.3) is 0 Å². The van der Waals surface area contributed by atoms with Gasteiger partial charge >= 0.3 is 5.97 Å². The van der Waals surface area contributed by atoms with E-state index in [4.69, 9.17) is 16.3 Å². The Morgan fingerprint density at radius 1 is 1.07 bits per heavy atom. The van der Waals surface area contributed by atoms with Crippen molar-refractivity contribution in [1.29, 1.82) is 0 Å². The van der Waals surface area contributed by atoms with E-state index in [1.54, 1.807) is 47.4 Å². The van der Waals surface area contributed by atoms with E-state index in [2.05, 4.69) is 6.92 Å². The summed E-state index contributed by atoms with van der Waals surface area (Å²) in [6.07, 6.45) is 2.06. The van der Waals surface area contributed by atoms with Gasteiger partial charge in [0.15, 0.2) is 12.4 Å². The molecule has 0 radical (unpaired) electrons. The predicted molar refractivity (Wildman–Crippen MR) is 107 cm³/mol. The quantitative estimate of drug-likeness (QED) is 0.563. The number of carbonyl (C=O) groups is 3. The number of halogens is 1. The average Bonchev–Trinajstić information content (AvgIpc) is 2.71. The van der Waals surface area contributed by atoms with Gasteiger partial charge in [0, 0.05) is 29.2 Å². The van der Waals surface area contributed by atoms with Crippen molar-refractivity contribution in [1.82, 2.24) is 4.90 Å². The summed E-state index contributed by atoms with van der Waals surface area (Å²) in [6.45, 7) is 3.15. The third kappa shape index (κ3) is 4.78. The number of likely N-dealkylation sites (tertiary alicyclic amines) is 1. The van der Waals surface area contributed by atoms with Crippen LogP contribution in [0, 0.1) is 5.92 Å². The lowest BCUT2D eigenvalue weighted by Crippen LogP contribution is -2.41. The molecule has 1 aliphatic heterocycles. The van der Waals surface area contributed by atoms with Crippen LogP contribution >= 0.6 is 11.6 Å². The largest absolute Gasteiger partial charge is 0.452 e. The molecule has 1 fully saturated rings. The molecule has 0 saturated carbocycles.